The van der Waals surface area contributed by atoms with E-state index in [2.05, 4.69) is 10.1 Å². The number of aromatic nitrogens is 4. The normalized spacial score (nSPS) is 11.2. The van der Waals surface area contributed by atoms with Gasteiger partial charge in [-0.05, 0) is 59.7 Å². The molecule has 0 radical (unpaired) electrons. The van der Waals surface area contributed by atoms with Crippen LogP contribution in [0.3, 0.4) is 0 Å². The molecule has 0 saturated heterocycles. The second-order valence-electron chi connectivity index (χ2n) is 6.97. The first kappa shape index (κ1) is 18.1. The van der Waals surface area contributed by atoms with E-state index in [-0.39, 0.29) is 11.6 Å². The SMILES string of the molecule is Cn1ncc2c(-c3ccc(F)cc3)c(-c3ccncc3)c(-c3ccc(F)cc3)nc21. The van der Waals surface area contributed by atoms with Crippen molar-refractivity contribution in [3.63, 3.8) is 0 Å². The molecule has 2 aromatic carbocycles. The molecule has 3 heterocycles. The summed E-state index contributed by atoms with van der Waals surface area (Å²) in [6.07, 6.45) is 5.19. The van der Waals surface area contributed by atoms with Crippen molar-refractivity contribution in [3.05, 3.63) is 90.9 Å². The van der Waals surface area contributed by atoms with Crippen LogP contribution in [0.5, 0.6) is 0 Å². The Kier molecular flexibility index (Phi) is 4.32. The monoisotopic (exact) mass is 398 g/mol. The molecule has 0 aliphatic rings. The van der Waals surface area contributed by atoms with E-state index in [1.807, 2.05) is 19.2 Å². The highest BCUT2D eigenvalue weighted by Crippen LogP contribution is 2.42. The van der Waals surface area contributed by atoms with Crippen LogP contribution < -0.4 is 0 Å². The quantitative estimate of drug-likeness (QED) is 0.395. The Morgan fingerprint density at radius 2 is 1.27 bits per heavy atom. The summed E-state index contributed by atoms with van der Waals surface area (Å²) in [6, 6.07) is 16.4. The Labute approximate surface area is 171 Å². The van der Waals surface area contributed by atoms with Crippen LogP contribution in [0.2, 0.25) is 0 Å². The number of rotatable bonds is 3. The smallest absolute Gasteiger partial charge is 0.158 e. The Balaban J connectivity index is 1.94. The van der Waals surface area contributed by atoms with Gasteiger partial charge in [-0.15, -0.1) is 0 Å². The van der Waals surface area contributed by atoms with Gasteiger partial charge in [0.15, 0.2) is 5.65 Å². The molecule has 5 rings (SSSR count). The molecule has 0 bridgehead atoms. The Bertz CT molecular complexity index is 1340. The van der Waals surface area contributed by atoms with Crippen LogP contribution in [0, 0.1) is 11.6 Å². The van der Waals surface area contributed by atoms with E-state index in [1.54, 1.807) is 47.5 Å². The molecule has 0 spiro atoms. The predicted molar refractivity (Wildman–Crippen MR) is 113 cm³/mol. The van der Waals surface area contributed by atoms with Crippen LogP contribution in [0.4, 0.5) is 8.78 Å². The summed E-state index contributed by atoms with van der Waals surface area (Å²) in [4.78, 5) is 9.03. The Morgan fingerprint density at radius 3 is 1.90 bits per heavy atom. The van der Waals surface area contributed by atoms with Crippen molar-refractivity contribution in [2.24, 2.45) is 7.05 Å². The fraction of sp³-hybridized carbons (Fsp3) is 0.0417. The molecule has 0 unspecified atom stereocenters. The second kappa shape index (κ2) is 7.15. The average molecular weight is 398 g/mol. The molecule has 0 saturated carbocycles. The highest BCUT2D eigenvalue weighted by Gasteiger charge is 2.21. The molecule has 3 aromatic heterocycles. The molecule has 5 aromatic rings. The van der Waals surface area contributed by atoms with Crippen molar-refractivity contribution in [3.8, 4) is 33.5 Å². The van der Waals surface area contributed by atoms with Gasteiger partial charge in [-0.1, -0.05) is 12.1 Å². The predicted octanol–water partition coefficient (Wildman–Crippen LogP) is 5.64. The zero-order valence-corrected chi connectivity index (χ0v) is 16.1. The first-order chi connectivity index (χ1) is 14.6. The van der Waals surface area contributed by atoms with Gasteiger partial charge in [-0.3, -0.25) is 9.67 Å². The third-order valence-electron chi connectivity index (χ3n) is 5.10. The minimum Gasteiger partial charge on any atom is -0.265 e. The van der Waals surface area contributed by atoms with Gasteiger partial charge in [0, 0.05) is 41.5 Å². The molecule has 0 atom stereocenters. The largest absolute Gasteiger partial charge is 0.265 e. The third-order valence-corrected chi connectivity index (χ3v) is 5.10. The van der Waals surface area contributed by atoms with E-state index in [9.17, 15) is 8.78 Å². The number of hydrogen-bond donors (Lipinski definition) is 0. The molecule has 0 aliphatic heterocycles. The molecule has 0 fully saturated rings. The molecule has 0 amide bonds. The summed E-state index contributed by atoms with van der Waals surface area (Å²) in [5.74, 6) is -0.621. The molecule has 0 N–H and O–H groups in total. The van der Waals surface area contributed by atoms with Crippen molar-refractivity contribution < 1.29 is 8.78 Å². The van der Waals surface area contributed by atoms with Crippen LogP contribution in [0.1, 0.15) is 0 Å². The van der Waals surface area contributed by atoms with Crippen LogP contribution in [-0.4, -0.2) is 19.7 Å². The van der Waals surface area contributed by atoms with Crippen molar-refractivity contribution in [1.29, 1.82) is 0 Å². The number of hydrogen-bond acceptors (Lipinski definition) is 3. The highest BCUT2D eigenvalue weighted by molar-refractivity contribution is 6.06. The fourth-order valence-corrected chi connectivity index (χ4v) is 3.69. The highest BCUT2D eigenvalue weighted by atomic mass is 19.1. The van der Waals surface area contributed by atoms with E-state index < -0.39 is 0 Å². The topological polar surface area (TPSA) is 43.6 Å². The average Bonchev–Trinajstić information content (AvgIpc) is 3.15. The zero-order valence-electron chi connectivity index (χ0n) is 16.1. The van der Waals surface area contributed by atoms with Crippen molar-refractivity contribution >= 4 is 11.0 Å². The van der Waals surface area contributed by atoms with Crippen molar-refractivity contribution in [2.75, 3.05) is 0 Å². The van der Waals surface area contributed by atoms with E-state index in [4.69, 9.17) is 4.98 Å². The summed E-state index contributed by atoms with van der Waals surface area (Å²) in [5, 5.41) is 5.24. The number of benzene rings is 2. The number of nitrogens with zero attached hydrogens (tertiary/aromatic N) is 4. The molecule has 4 nitrogen and oxygen atoms in total. The number of aryl methyl sites for hydroxylation is 1. The van der Waals surface area contributed by atoms with Gasteiger partial charge in [0.05, 0.1) is 11.9 Å². The summed E-state index contributed by atoms with van der Waals surface area (Å²) < 4.78 is 29.0. The van der Waals surface area contributed by atoms with Crippen molar-refractivity contribution in [2.45, 2.75) is 0 Å². The number of fused-ring (bicyclic) bond motifs is 1. The lowest BCUT2D eigenvalue weighted by Crippen LogP contribution is -1.99. The van der Waals surface area contributed by atoms with E-state index >= 15 is 0 Å². The molecule has 30 heavy (non-hydrogen) atoms. The van der Waals surface area contributed by atoms with Gasteiger partial charge in [-0.25, -0.2) is 13.8 Å². The van der Waals surface area contributed by atoms with E-state index in [1.165, 1.54) is 24.3 Å². The van der Waals surface area contributed by atoms with Gasteiger partial charge in [0.1, 0.15) is 11.6 Å². The molecular formula is C24H16F2N4. The van der Waals surface area contributed by atoms with E-state index in [0.717, 1.165) is 33.2 Å². The summed E-state index contributed by atoms with van der Waals surface area (Å²) in [5.41, 5.74) is 5.64. The van der Waals surface area contributed by atoms with Gasteiger partial charge < -0.3 is 0 Å². The first-order valence-corrected chi connectivity index (χ1v) is 9.40. The van der Waals surface area contributed by atoms with E-state index in [0.29, 0.717) is 11.3 Å². The summed E-state index contributed by atoms with van der Waals surface area (Å²) in [6.45, 7) is 0. The lowest BCUT2D eigenvalue weighted by atomic mass is 9.90. The molecule has 6 heteroatoms. The van der Waals surface area contributed by atoms with Gasteiger partial charge in [-0.2, -0.15) is 5.10 Å². The lowest BCUT2D eigenvalue weighted by Gasteiger charge is -2.17. The zero-order chi connectivity index (χ0) is 20.7. The maximum atomic E-state index is 13.7. The van der Waals surface area contributed by atoms with Crippen LogP contribution in [0.25, 0.3) is 44.5 Å². The van der Waals surface area contributed by atoms with Crippen LogP contribution in [-0.2, 0) is 7.05 Å². The van der Waals surface area contributed by atoms with Gasteiger partial charge in [0.2, 0.25) is 0 Å². The van der Waals surface area contributed by atoms with Crippen LogP contribution >= 0.6 is 0 Å². The molecule has 0 aliphatic carbocycles. The van der Waals surface area contributed by atoms with Gasteiger partial charge in [0.25, 0.3) is 0 Å². The maximum Gasteiger partial charge on any atom is 0.158 e. The second-order valence-corrected chi connectivity index (χ2v) is 6.97. The number of pyridine rings is 2. The fourth-order valence-electron chi connectivity index (χ4n) is 3.69. The van der Waals surface area contributed by atoms with Crippen LogP contribution in [0.15, 0.2) is 79.3 Å². The van der Waals surface area contributed by atoms with Gasteiger partial charge >= 0.3 is 0 Å². The Morgan fingerprint density at radius 1 is 0.700 bits per heavy atom. The first-order valence-electron chi connectivity index (χ1n) is 9.40. The Hall–Kier alpha value is -3.93. The molecular weight excluding hydrogens is 382 g/mol. The maximum absolute atomic E-state index is 13.7. The third kappa shape index (κ3) is 3.03. The van der Waals surface area contributed by atoms with Crippen molar-refractivity contribution in [1.82, 2.24) is 19.7 Å². The molecule has 146 valence electrons. The standard InChI is InChI=1S/C24H16F2N4/c1-30-24-20(14-28-30)21(15-2-6-18(25)7-3-15)22(16-10-12-27-13-11-16)23(29-24)17-4-8-19(26)9-5-17/h2-14H,1H3. The minimum absolute atomic E-state index is 0.306. The summed E-state index contributed by atoms with van der Waals surface area (Å²) in [7, 11) is 1.82. The minimum atomic E-state index is -0.315. The number of halogens is 2. The summed E-state index contributed by atoms with van der Waals surface area (Å²) >= 11 is 0. The lowest BCUT2D eigenvalue weighted by molar-refractivity contribution is 0.627.